The first-order valence-electron chi connectivity index (χ1n) is 8.39. The van der Waals surface area contributed by atoms with Gasteiger partial charge in [0.2, 0.25) is 0 Å². The van der Waals surface area contributed by atoms with Gasteiger partial charge in [0.15, 0.2) is 0 Å². The van der Waals surface area contributed by atoms with Crippen LogP contribution in [0.1, 0.15) is 89.9 Å². The van der Waals surface area contributed by atoms with E-state index in [1.165, 1.54) is 84.2 Å². The highest BCUT2D eigenvalue weighted by Crippen LogP contribution is 2.34. The Balaban J connectivity index is 1.65. The summed E-state index contributed by atoms with van der Waals surface area (Å²) in [6.07, 6.45) is 18.5. The molecule has 0 aromatic carbocycles. The molecule has 0 N–H and O–H groups in total. The van der Waals surface area contributed by atoms with E-state index >= 15 is 0 Å². The Morgan fingerprint density at radius 3 is 1.79 bits per heavy atom. The van der Waals surface area contributed by atoms with Crippen LogP contribution in [-0.4, -0.2) is 13.1 Å². The average Bonchev–Trinajstić information content (AvgIpc) is 3.23. The van der Waals surface area contributed by atoms with Crippen molar-refractivity contribution in [3.05, 3.63) is 0 Å². The maximum Gasteiger partial charge on any atom is 0.305 e. The fourth-order valence-electron chi connectivity index (χ4n) is 2.63. The minimum absolute atomic E-state index is 0.0637. The monoisotopic (exact) mass is 268 g/mol. The second-order valence-electron chi connectivity index (χ2n) is 6.09. The maximum atomic E-state index is 10.9. The van der Waals surface area contributed by atoms with Gasteiger partial charge in [-0.2, -0.15) is 0 Å². The standard InChI is InChI=1S/C17H32O2/c1-19-17(18)13-11-9-7-5-3-2-4-6-8-10-12-16-14-15-16/h16H,2-15H2,1H3. The van der Waals surface area contributed by atoms with Gasteiger partial charge >= 0.3 is 5.97 Å². The number of hydrogen-bond donors (Lipinski definition) is 0. The summed E-state index contributed by atoms with van der Waals surface area (Å²) in [7, 11) is 1.47. The molecule has 2 nitrogen and oxygen atoms in total. The first-order valence-corrected chi connectivity index (χ1v) is 8.39. The SMILES string of the molecule is COC(=O)CCCCCCCCCCCCC1CC1. The fourth-order valence-corrected chi connectivity index (χ4v) is 2.63. The second kappa shape index (κ2) is 11.3. The van der Waals surface area contributed by atoms with Gasteiger partial charge in [-0.1, -0.05) is 77.0 Å². The molecule has 2 heteroatoms. The van der Waals surface area contributed by atoms with E-state index in [2.05, 4.69) is 4.74 Å². The summed E-state index contributed by atoms with van der Waals surface area (Å²) in [5.41, 5.74) is 0. The Morgan fingerprint density at radius 1 is 0.842 bits per heavy atom. The Labute approximate surface area is 119 Å². The second-order valence-corrected chi connectivity index (χ2v) is 6.09. The van der Waals surface area contributed by atoms with Crippen molar-refractivity contribution in [3.63, 3.8) is 0 Å². The van der Waals surface area contributed by atoms with Gasteiger partial charge in [-0.3, -0.25) is 4.79 Å². The normalized spacial score (nSPS) is 14.6. The van der Waals surface area contributed by atoms with E-state index in [9.17, 15) is 4.79 Å². The Kier molecular flexibility index (Phi) is 9.84. The van der Waals surface area contributed by atoms with E-state index in [4.69, 9.17) is 0 Å². The third kappa shape index (κ3) is 11.0. The lowest BCUT2D eigenvalue weighted by Gasteiger charge is -2.02. The average molecular weight is 268 g/mol. The molecule has 0 heterocycles. The molecule has 0 aromatic heterocycles. The van der Waals surface area contributed by atoms with Crippen LogP contribution in [0.3, 0.4) is 0 Å². The first kappa shape index (κ1) is 16.5. The third-order valence-corrected chi connectivity index (χ3v) is 4.17. The van der Waals surface area contributed by atoms with Crippen molar-refractivity contribution >= 4 is 5.97 Å². The summed E-state index contributed by atoms with van der Waals surface area (Å²) in [6.45, 7) is 0. The number of esters is 1. The van der Waals surface area contributed by atoms with Crippen LogP contribution in [0.2, 0.25) is 0 Å². The van der Waals surface area contributed by atoms with Crippen molar-refractivity contribution in [2.75, 3.05) is 7.11 Å². The molecule has 1 rings (SSSR count). The predicted molar refractivity (Wildman–Crippen MR) is 80.1 cm³/mol. The Bertz CT molecular complexity index is 221. The molecule has 19 heavy (non-hydrogen) atoms. The number of methoxy groups -OCH3 is 1. The summed E-state index contributed by atoms with van der Waals surface area (Å²) < 4.78 is 4.62. The van der Waals surface area contributed by atoms with Gasteiger partial charge in [-0.15, -0.1) is 0 Å². The highest BCUT2D eigenvalue weighted by Gasteiger charge is 2.19. The lowest BCUT2D eigenvalue weighted by Crippen LogP contribution is -1.99. The van der Waals surface area contributed by atoms with Gasteiger partial charge in [-0.25, -0.2) is 0 Å². The van der Waals surface area contributed by atoms with Gasteiger partial charge in [0.05, 0.1) is 7.11 Å². The van der Waals surface area contributed by atoms with Gasteiger partial charge in [-0.05, 0) is 12.3 Å². The Morgan fingerprint density at radius 2 is 1.32 bits per heavy atom. The highest BCUT2D eigenvalue weighted by atomic mass is 16.5. The quantitative estimate of drug-likeness (QED) is 0.337. The summed E-state index contributed by atoms with van der Waals surface area (Å²) in [4.78, 5) is 10.9. The fraction of sp³-hybridized carbons (Fsp3) is 0.941. The largest absolute Gasteiger partial charge is 0.469 e. The van der Waals surface area contributed by atoms with Crippen molar-refractivity contribution < 1.29 is 9.53 Å². The van der Waals surface area contributed by atoms with E-state index in [0.717, 1.165) is 12.3 Å². The smallest absolute Gasteiger partial charge is 0.305 e. The molecular weight excluding hydrogens is 236 g/mol. The molecule has 0 atom stereocenters. The third-order valence-electron chi connectivity index (χ3n) is 4.17. The van der Waals surface area contributed by atoms with E-state index in [0.29, 0.717) is 6.42 Å². The van der Waals surface area contributed by atoms with E-state index in [1.54, 1.807) is 0 Å². The molecule has 0 bridgehead atoms. The predicted octanol–water partition coefficient (Wildman–Crippen LogP) is 5.25. The van der Waals surface area contributed by atoms with Gasteiger partial charge in [0.1, 0.15) is 0 Å². The molecule has 112 valence electrons. The van der Waals surface area contributed by atoms with Crippen LogP contribution < -0.4 is 0 Å². The molecule has 0 amide bonds. The van der Waals surface area contributed by atoms with Crippen LogP contribution in [0, 0.1) is 5.92 Å². The summed E-state index contributed by atoms with van der Waals surface area (Å²) >= 11 is 0. The van der Waals surface area contributed by atoms with E-state index in [1.807, 2.05) is 0 Å². The minimum atomic E-state index is -0.0637. The molecule has 0 radical (unpaired) electrons. The van der Waals surface area contributed by atoms with Crippen LogP contribution in [0.25, 0.3) is 0 Å². The molecule has 1 aliphatic rings. The summed E-state index contributed by atoms with van der Waals surface area (Å²) in [6, 6.07) is 0. The van der Waals surface area contributed by atoms with Crippen molar-refractivity contribution in [3.8, 4) is 0 Å². The molecule has 0 spiro atoms. The molecule has 0 aliphatic heterocycles. The van der Waals surface area contributed by atoms with Gasteiger partial charge in [0, 0.05) is 6.42 Å². The molecule has 1 saturated carbocycles. The van der Waals surface area contributed by atoms with Crippen LogP contribution in [0.15, 0.2) is 0 Å². The molecular formula is C17H32O2. The molecule has 0 saturated heterocycles. The molecule has 1 aliphatic carbocycles. The zero-order valence-corrected chi connectivity index (χ0v) is 12.8. The number of carbonyl (C=O) groups excluding carboxylic acids is 1. The van der Waals surface area contributed by atoms with Crippen molar-refractivity contribution in [2.24, 2.45) is 5.92 Å². The molecule has 1 fully saturated rings. The zero-order valence-electron chi connectivity index (χ0n) is 12.8. The maximum absolute atomic E-state index is 10.9. The van der Waals surface area contributed by atoms with Crippen molar-refractivity contribution in [1.29, 1.82) is 0 Å². The van der Waals surface area contributed by atoms with Gasteiger partial charge < -0.3 is 4.74 Å². The van der Waals surface area contributed by atoms with Crippen molar-refractivity contribution in [1.82, 2.24) is 0 Å². The number of carbonyl (C=O) groups is 1. The van der Waals surface area contributed by atoms with E-state index in [-0.39, 0.29) is 5.97 Å². The number of unbranched alkanes of at least 4 members (excludes halogenated alkanes) is 9. The lowest BCUT2D eigenvalue weighted by molar-refractivity contribution is -0.140. The first-order chi connectivity index (χ1) is 9.33. The van der Waals surface area contributed by atoms with Crippen LogP contribution >= 0.6 is 0 Å². The van der Waals surface area contributed by atoms with Crippen molar-refractivity contribution in [2.45, 2.75) is 89.9 Å². The molecule has 0 unspecified atom stereocenters. The van der Waals surface area contributed by atoms with Crippen LogP contribution in [0.5, 0.6) is 0 Å². The summed E-state index contributed by atoms with van der Waals surface area (Å²) in [5.74, 6) is 1.05. The number of ether oxygens (including phenoxy) is 1. The minimum Gasteiger partial charge on any atom is -0.469 e. The molecule has 0 aromatic rings. The highest BCUT2D eigenvalue weighted by molar-refractivity contribution is 5.68. The topological polar surface area (TPSA) is 26.3 Å². The number of rotatable bonds is 13. The Hall–Kier alpha value is -0.530. The van der Waals surface area contributed by atoms with E-state index < -0.39 is 0 Å². The van der Waals surface area contributed by atoms with Crippen LogP contribution in [-0.2, 0) is 9.53 Å². The van der Waals surface area contributed by atoms with Gasteiger partial charge in [0.25, 0.3) is 0 Å². The van der Waals surface area contributed by atoms with Crippen LogP contribution in [0.4, 0.5) is 0 Å². The lowest BCUT2D eigenvalue weighted by atomic mass is 10.0. The number of hydrogen-bond acceptors (Lipinski definition) is 2. The zero-order chi connectivity index (χ0) is 13.8. The summed E-state index contributed by atoms with van der Waals surface area (Å²) in [5, 5.41) is 0.